The molecular formula is C21H23ClF3N5O3. The highest BCUT2D eigenvalue weighted by Crippen LogP contribution is 2.33. The van der Waals surface area contributed by atoms with Crippen molar-refractivity contribution in [2.24, 2.45) is 0 Å². The number of hydrogen-bond donors (Lipinski definition) is 1. The largest absolute Gasteiger partial charge is 0.444 e. The number of nitrogens with zero attached hydrogens (tertiary/aromatic N) is 4. The second kappa shape index (κ2) is 9.42. The number of alkyl halides is 3. The van der Waals surface area contributed by atoms with Crippen molar-refractivity contribution in [3.8, 4) is 0 Å². The number of carbonyl (C=O) groups is 2. The summed E-state index contributed by atoms with van der Waals surface area (Å²) < 4.78 is 43.6. The number of nitrogens with one attached hydrogen (secondary N) is 1. The molecule has 2 heterocycles. The Labute approximate surface area is 193 Å². The zero-order valence-corrected chi connectivity index (χ0v) is 19.0. The van der Waals surface area contributed by atoms with E-state index in [0.717, 1.165) is 0 Å². The average molecular weight is 486 g/mol. The van der Waals surface area contributed by atoms with E-state index in [4.69, 9.17) is 16.3 Å². The van der Waals surface area contributed by atoms with Gasteiger partial charge in [-0.3, -0.25) is 4.79 Å². The first-order valence-corrected chi connectivity index (χ1v) is 10.5. The van der Waals surface area contributed by atoms with E-state index in [1.165, 1.54) is 0 Å². The fraction of sp³-hybridized carbons (Fsp3) is 0.429. The lowest BCUT2D eigenvalue weighted by Crippen LogP contribution is -2.51. The zero-order valence-electron chi connectivity index (χ0n) is 18.2. The summed E-state index contributed by atoms with van der Waals surface area (Å²) in [5, 5.41) is 2.04. The van der Waals surface area contributed by atoms with Crippen LogP contribution < -0.4 is 5.32 Å². The molecule has 2 amide bonds. The van der Waals surface area contributed by atoms with Gasteiger partial charge in [0.1, 0.15) is 16.3 Å². The maximum atomic E-state index is 12.8. The Morgan fingerprint density at radius 3 is 2.12 bits per heavy atom. The van der Waals surface area contributed by atoms with Crippen LogP contribution in [0.5, 0.6) is 0 Å². The zero-order chi connectivity index (χ0) is 24.4. The van der Waals surface area contributed by atoms with E-state index in [1.807, 2.05) is 0 Å². The third kappa shape index (κ3) is 6.47. The van der Waals surface area contributed by atoms with Crippen molar-refractivity contribution in [1.29, 1.82) is 0 Å². The van der Waals surface area contributed by atoms with Gasteiger partial charge in [-0.15, -0.1) is 0 Å². The second-order valence-corrected chi connectivity index (χ2v) is 8.72. The minimum Gasteiger partial charge on any atom is -0.444 e. The van der Waals surface area contributed by atoms with Crippen molar-refractivity contribution >= 4 is 35.2 Å². The van der Waals surface area contributed by atoms with Crippen LogP contribution in [0.4, 0.5) is 29.6 Å². The molecule has 8 nitrogen and oxygen atoms in total. The first kappa shape index (κ1) is 24.6. The first-order chi connectivity index (χ1) is 15.3. The Morgan fingerprint density at radius 1 is 1.03 bits per heavy atom. The number of ether oxygens (including phenoxy) is 1. The number of benzene rings is 1. The Balaban J connectivity index is 1.58. The summed E-state index contributed by atoms with van der Waals surface area (Å²) >= 11 is 5.60. The lowest BCUT2D eigenvalue weighted by molar-refractivity contribution is -0.137. The molecule has 1 fully saturated rings. The van der Waals surface area contributed by atoms with Gasteiger partial charge in [0.25, 0.3) is 5.91 Å². The molecule has 178 valence electrons. The minimum absolute atomic E-state index is 0.106. The molecule has 1 saturated heterocycles. The van der Waals surface area contributed by atoms with E-state index in [2.05, 4.69) is 15.3 Å². The van der Waals surface area contributed by atoms with E-state index >= 15 is 0 Å². The molecule has 0 bridgehead atoms. The molecule has 0 spiro atoms. The van der Waals surface area contributed by atoms with Crippen molar-refractivity contribution in [2.75, 3.05) is 31.5 Å². The van der Waals surface area contributed by atoms with Crippen LogP contribution in [-0.4, -0.2) is 63.5 Å². The van der Waals surface area contributed by atoms with Crippen molar-refractivity contribution in [3.63, 3.8) is 0 Å². The number of amides is 2. The third-order valence-electron chi connectivity index (χ3n) is 4.65. The minimum atomic E-state index is -4.64. The van der Waals surface area contributed by atoms with E-state index in [1.54, 1.807) is 54.8 Å². The smallest absolute Gasteiger partial charge is 0.420 e. The quantitative estimate of drug-likeness (QED) is 0.640. The topological polar surface area (TPSA) is 87.7 Å². The molecule has 1 aliphatic heterocycles. The summed E-state index contributed by atoms with van der Waals surface area (Å²) in [5.41, 5.74) is -0.812. The lowest BCUT2D eigenvalue weighted by Gasteiger charge is -2.35. The standard InChI is InChI=1S/C21H23ClF3N5O3/c1-20(2,3)33-19(32)30-10-8-29(9-11-30)17(31)13-4-6-14(7-5-13)27-18-26-12-15(16(22)28-18)21(23,24)25/h4-7,12H,8-11H2,1-3H3,(H,26,27,28). The van der Waals surface area contributed by atoms with E-state index in [-0.39, 0.29) is 11.9 Å². The van der Waals surface area contributed by atoms with Gasteiger partial charge in [0.05, 0.1) is 0 Å². The average Bonchev–Trinajstić information content (AvgIpc) is 2.72. The summed E-state index contributed by atoms with van der Waals surface area (Å²) in [6, 6.07) is 6.32. The van der Waals surface area contributed by atoms with Gasteiger partial charge >= 0.3 is 12.3 Å². The van der Waals surface area contributed by atoms with Gasteiger partial charge in [0, 0.05) is 43.6 Å². The molecule has 1 aromatic carbocycles. The van der Waals surface area contributed by atoms with Crippen LogP contribution in [0.1, 0.15) is 36.7 Å². The van der Waals surface area contributed by atoms with Gasteiger partial charge < -0.3 is 19.9 Å². The number of aromatic nitrogens is 2. The maximum absolute atomic E-state index is 12.8. The second-order valence-electron chi connectivity index (χ2n) is 8.36. The molecule has 12 heteroatoms. The number of hydrogen-bond acceptors (Lipinski definition) is 6. The molecule has 1 aliphatic rings. The molecule has 33 heavy (non-hydrogen) atoms. The predicted octanol–water partition coefficient (Wildman–Crippen LogP) is 4.59. The van der Waals surface area contributed by atoms with Crippen molar-refractivity contribution in [3.05, 3.63) is 46.7 Å². The molecule has 2 aromatic rings. The normalized spacial score (nSPS) is 14.8. The number of rotatable bonds is 3. The number of carbonyl (C=O) groups excluding carboxylic acids is 2. The van der Waals surface area contributed by atoms with Crippen molar-refractivity contribution < 1.29 is 27.5 Å². The van der Waals surface area contributed by atoms with Gasteiger partial charge in [-0.1, -0.05) is 11.6 Å². The number of anilines is 2. The van der Waals surface area contributed by atoms with Crippen LogP contribution in [-0.2, 0) is 10.9 Å². The van der Waals surface area contributed by atoms with Crippen molar-refractivity contribution in [2.45, 2.75) is 32.5 Å². The molecular weight excluding hydrogens is 463 g/mol. The summed E-state index contributed by atoms with van der Waals surface area (Å²) in [6.45, 7) is 6.86. The molecule has 1 N–H and O–H groups in total. The highest BCUT2D eigenvalue weighted by Gasteiger charge is 2.34. The van der Waals surface area contributed by atoms with Crippen LogP contribution >= 0.6 is 11.6 Å². The van der Waals surface area contributed by atoms with Gasteiger partial charge in [0.15, 0.2) is 0 Å². The number of piperazine rings is 1. The summed E-state index contributed by atoms with van der Waals surface area (Å²) in [7, 11) is 0. The van der Waals surface area contributed by atoms with E-state index in [9.17, 15) is 22.8 Å². The van der Waals surface area contributed by atoms with Crippen LogP contribution in [0.15, 0.2) is 30.5 Å². The molecule has 0 atom stereocenters. The van der Waals surface area contributed by atoms with E-state index in [0.29, 0.717) is 43.6 Å². The van der Waals surface area contributed by atoms with Crippen molar-refractivity contribution in [1.82, 2.24) is 19.8 Å². The highest BCUT2D eigenvalue weighted by molar-refractivity contribution is 6.30. The molecule has 0 unspecified atom stereocenters. The van der Waals surface area contributed by atoms with E-state index < -0.39 is 28.6 Å². The maximum Gasteiger partial charge on any atom is 0.420 e. The van der Waals surface area contributed by atoms with Crippen LogP contribution in [0, 0.1) is 0 Å². The highest BCUT2D eigenvalue weighted by atomic mass is 35.5. The Bertz CT molecular complexity index is 1020. The van der Waals surface area contributed by atoms with Crippen LogP contribution in [0.25, 0.3) is 0 Å². The SMILES string of the molecule is CC(C)(C)OC(=O)N1CCN(C(=O)c2ccc(Nc3ncc(C(F)(F)F)c(Cl)n3)cc2)CC1. The lowest BCUT2D eigenvalue weighted by atomic mass is 10.1. The monoisotopic (exact) mass is 485 g/mol. The molecule has 0 saturated carbocycles. The molecule has 0 aliphatic carbocycles. The van der Waals surface area contributed by atoms with Gasteiger partial charge in [-0.25, -0.2) is 14.8 Å². The first-order valence-electron chi connectivity index (χ1n) is 10.1. The van der Waals surface area contributed by atoms with Gasteiger partial charge in [-0.2, -0.15) is 13.2 Å². The fourth-order valence-electron chi connectivity index (χ4n) is 3.04. The summed E-state index contributed by atoms with van der Waals surface area (Å²) in [5.74, 6) is -0.301. The third-order valence-corrected chi connectivity index (χ3v) is 4.94. The Kier molecular flexibility index (Phi) is 7.01. The summed E-state index contributed by atoms with van der Waals surface area (Å²) in [4.78, 5) is 35.4. The van der Waals surface area contributed by atoms with Crippen LogP contribution in [0.2, 0.25) is 5.15 Å². The molecule has 1 aromatic heterocycles. The van der Waals surface area contributed by atoms with Gasteiger partial charge in [0.2, 0.25) is 5.95 Å². The fourth-order valence-corrected chi connectivity index (χ4v) is 3.27. The predicted molar refractivity (Wildman–Crippen MR) is 115 cm³/mol. The van der Waals surface area contributed by atoms with Crippen LogP contribution in [0.3, 0.4) is 0 Å². The number of halogens is 4. The molecule has 0 radical (unpaired) electrons. The Morgan fingerprint density at radius 2 is 1.61 bits per heavy atom. The Hall–Kier alpha value is -3.08. The van der Waals surface area contributed by atoms with Gasteiger partial charge in [-0.05, 0) is 45.0 Å². The summed E-state index contributed by atoms with van der Waals surface area (Å²) in [6.07, 6.45) is -4.45. The molecule has 3 rings (SSSR count).